The van der Waals surface area contributed by atoms with E-state index < -0.39 is 0 Å². The van der Waals surface area contributed by atoms with Crippen LogP contribution in [0.2, 0.25) is 0 Å². The minimum Gasteiger partial charge on any atom is -0.496 e. The maximum Gasteiger partial charge on any atom is 0.220 e. The van der Waals surface area contributed by atoms with Gasteiger partial charge in [-0.25, -0.2) is 0 Å². The maximum atomic E-state index is 12.3. The lowest BCUT2D eigenvalue weighted by Crippen LogP contribution is -2.22. The molecule has 2 aromatic carbocycles. The molecule has 0 radical (unpaired) electrons. The Morgan fingerprint density at radius 2 is 1.81 bits per heavy atom. The molecule has 1 amide bonds. The van der Waals surface area contributed by atoms with Crippen LogP contribution in [-0.4, -0.2) is 41.5 Å². The van der Waals surface area contributed by atoms with Crippen molar-refractivity contribution >= 4 is 17.7 Å². The summed E-state index contributed by atoms with van der Waals surface area (Å²) in [6.07, 6.45) is 3.87. The summed E-state index contributed by atoms with van der Waals surface area (Å²) in [5, 5.41) is 12.9. The van der Waals surface area contributed by atoms with E-state index in [2.05, 4.69) is 52.1 Å². The van der Waals surface area contributed by atoms with Crippen LogP contribution in [-0.2, 0) is 34.8 Å². The number of thioether (sulfide) groups is 1. The Kier molecular flexibility index (Phi) is 11.3. The highest BCUT2D eigenvalue weighted by Crippen LogP contribution is 2.24. The maximum absolute atomic E-state index is 12.3. The van der Waals surface area contributed by atoms with E-state index in [4.69, 9.17) is 9.47 Å². The van der Waals surface area contributed by atoms with Crippen LogP contribution in [0.5, 0.6) is 5.75 Å². The zero-order chi connectivity index (χ0) is 25.8. The van der Waals surface area contributed by atoms with Crippen molar-refractivity contribution in [1.29, 1.82) is 0 Å². The Labute approximate surface area is 219 Å². The van der Waals surface area contributed by atoms with E-state index in [1.807, 2.05) is 24.3 Å². The summed E-state index contributed by atoms with van der Waals surface area (Å²) in [5.74, 6) is 2.67. The Bertz CT molecular complexity index is 1100. The molecule has 0 saturated heterocycles. The highest BCUT2D eigenvalue weighted by molar-refractivity contribution is 7.98. The fraction of sp³-hybridized carbons (Fsp3) is 0.464. The van der Waals surface area contributed by atoms with Gasteiger partial charge in [-0.15, -0.1) is 10.2 Å². The molecule has 3 aromatic rings. The summed E-state index contributed by atoms with van der Waals surface area (Å²) in [5.41, 5.74) is 4.83. The molecule has 1 N–H and O–H groups in total. The third-order valence-corrected chi connectivity index (χ3v) is 6.93. The number of carbonyl (C=O) groups excluding carboxylic acids is 1. The lowest BCUT2D eigenvalue weighted by Gasteiger charge is -2.11. The van der Waals surface area contributed by atoms with Crippen molar-refractivity contribution < 1.29 is 14.3 Å². The van der Waals surface area contributed by atoms with Crippen LogP contribution in [0.15, 0.2) is 47.6 Å². The Morgan fingerprint density at radius 1 is 1.03 bits per heavy atom. The summed E-state index contributed by atoms with van der Waals surface area (Å²) >= 11 is 1.72. The lowest BCUT2D eigenvalue weighted by atomic mass is 10.1. The molecule has 0 saturated carbocycles. The van der Waals surface area contributed by atoms with Crippen LogP contribution in [0.4, 0.5) is 0 Å². The van der Waals surface area contributed by atoms with Crippen molar-refractivity contribution in [3.05, 3.63) is 70.5 Å². The van der Waals surface area contributed by atoms with Gasteiger partial charge >= 0.3 is 0 Å². The molecule has 0 aliphatic rings. The lowest BCUT2D eigenvalue weighted by molar-refractivity contribution is -0.121. The van der Waals surface area contributed by atoms with E-state index >= 15 is 0 Å². The first-order valence-corrected chi connectivity index (χ1v) is 13.5. The topological polar surface area (TPSA) is 78.3 Å². The van der Waals surface area contributed by atoms with Crippen molar-refractivity contribution in [1.82, 2.24) is 20.1 Å². The Balaban J connectivity index is 1.50. The molecular formula is C28H38N4O3S. The summed E-state index contributed by atoms with van der Waals surface area (Å²) < 4.78 is 12.8. The van der Waals surface area contributed by atoms with Gasteiger partial charge in [0.2, 0.25) is 5.91 Å². The first-order valence-electron chi connectivity index (χ1n) is 12.5. The standard InChI is InChI=1S/C28H38N4O3S/c1-21-16-22(2)18-23(17-21)20-36-28-31-30-26(32(28)14-9-15-34-3)12-7-8-13-27(33)29-19-24-10-5-6-11-25(24)35-4/h5-6,10-11,16-18H,7-9,12-15,19-20H2,1-4H3,(H,29,33). The predicted molar refractivity (Wildman–Crippen MR) is 144 cm³/mol. The summed E-state index contributed by atoms with van der Waals surface area (Å²) in [6, 6.07) is 14.4. The van der Waals surface area contributed by atoms with Gasteiger partial charge < -0.3 is 19.4 Å². The molecule has 8 heteroatoms. The van der Waals surface area contributed by atoms with Crippen molar-refractivity contribution in [2.75, 3.05) is 20.8 Å². The van der Waals surface area contributed by atoms with E-state index in [9.17, 15) is 4.79 Å². The number of hydrogen-bond acceptors (Lipinski definition) is 6. The number of nitrogens with zero attached hydrogens (tertiary/aromatic N) is 3. The first kappa shape index (κ1) is 27.7. The van der Waals surface area contributed by atoms with Crippen LogP contribution in [0, 0.1) is 13.8 Å². The van der Waals surface area contributed by atoms with Crippen molar-refractivity contribution in [3.8, 4) is 5.75 Å². The fourth-order valence-electron chi connectivity index (χ4n) is 4.20. The average molecular weight is 511 g/mol. The normalized spacial score (nSPS) is 11.0. The van der Waals surface area contributed by atoms with Crippen LogP contribution in [0.1, 0.15) is 53.8 Å². The third kappa shape index (κ3) is 8.68. The summed E-state index contributed by atoms with van der Waals surface area (Å²) in [4.78, 5) is 12.3. The van der Waals surface area contributed by atoms with Gasteiger partial charge in [0.25, 0.3) is 0 Å². The molecule has 0 fully saturated rings. The second-order valence-corrected chi connectivity index (χ2v) is 9.92. The quantitative estimate of drug-likeness (QED) is 0.222. The number of aromatic nitrogens is 3. The molecule has 0 unspecified atom stereocenters. The molecule has 194 valence electrons. The van der Waals surface area contributed by atoms with Gasteiger partial charge in [0, 0.05) is 51.0 Å². The van der Waals surface area contributed by atoms with E-state index in [-0.39, 0.29) is 5.91 Å². The molecule has 0 atom stereocenters. The Hall–Kier alpha value is -2.84. The third-order valence-electron chi connectivity index (χ3n) is 5.90. The number of nitrogens with one attached hydrogen (secondary N) is 1. The average Bonchev–Trinajstić information content (AvgIpc) is 3.25. The zero-order valence-corrected chi connectivity index (χ0v) is 22.7. The second-order valence-electron chi connectivity index (χ2n) is 8.98. The number of para-hydroxylation sites is 1. The fourth-order valence-corrected chi connectivity index (χ4v) is 5.12. The number of hydrogen-bond donors (Lipinski definition) is 1. The van der Waals surface area contributed by atoms with Gasteiger partial charge in [-0.3, -0.25) is 4.79 Å². The van der Waals surface area contributed by atoms with Gasteiger partial charge in [-0.2, -0.15) is 0 Å². The highest BCUT2D eigenvalue weighted by Gasteiger charge is 2.13. The number of ether oxygens (including phenoxy) is 2. The molecule has 36 heavy (non-hydrogen) atoms. The monoisotopic (exact) mass is 510 g/mol. The Morgan fingerprint density at radius 3 is 2.56 bits per heavy atom. The molecular weight excluding hydrogens is 472 g/mol. The SMILES string of the molecule is COCCCn1c(CCCCC(=O)NCc2ccccc2OC)nnc1SCc1cc(C)cc(C)c1. The number of rotatable bonds is 15. The molecule has 0 spiro atoms. The van der Waals surface area contributed by atoms with Crippen LogP contribution >= 0.6 is 11.8 Å². The largest absolute Gasteiger partial charge is 0.496 e. The molecule has 3 rings (SSSR count). The van der Waals surface area contributed by atoms with Crippen molar-refractivity contribution in [3.63, 3.8) is 0 Å². The number of aryl methyl sites for hydroxylation is 3. The predicted octanol–water partition coefficient (Wildman–Crippen LogP) is 5.26. The molecule has 7 nitrogen and oxygen atoms in total. The molecule has 0 bridgehead atoms. The van der Waals surface area contributed by atoms with E-state index in [0.29, 0.717) is 19.6 Å². The van der Waals surface area contributed by atoms with Crippen molar-refractivity contribution in [2.45, 2.75) is 70.0 Å². The van der Waals surface area contributed by atoms with E-state index in [0.717, 1.165) is 60.3 Å². The zero-order valence-electron chi connectivity index (χ0n) is 21.9. The minimum atomic E-state index is 0.0483. The smallest absolute Gasteiger partial charge is 0.220 e. The van der Waals surface area contributed by atoms with Crippen LogP contribution < -0.4 is 10.1 Å². The number of methoxy groups -OCH3 is 2. The number of benzene rings is 2. The minimum absolute atomic E-state index is 0.0483. The summed E-state index contributed by atoms with van der Waals surface area (Å²) in [6.45, 7) is 6.25. The molecule has 0 aliphatic heterocycles. The van der Waals surface area contributed by atoms with Crippen LogP contribution in [0.3, 0.4) is 0 Å². The number of unbranched alkanes of at least 4 members (excludes halogenated alkanes) is 1. The van der Waals surface area contributed by atoms with E-state index in [1.165, 1.54) is 16.7 Å². The number of amides is 1. The molecule has 0 aliphatic carbocycles. The van der Waals surface area contributed by atoms with E-state index in [1.54, 1.807) is 26.0 Å². The summed E-state index contributed by atoms with van der Waals surface area (Å²) in [7, 11) is 3.36. The van der Waals surface area contributed by atoms with Gasteiger partial charge in [0.05, 0.1) is 7.11 Å². The molecule has 1 heterocycles. The van der Waals surface area contributed by atoms with Crippen molar-refractivity contribution in [2.24, 2.45) is 0 Å². The van der Waals surface area contributed by atoms with Gasteiger partial charge in [-0.1, -0.05) is 59.3 Å². The highest BCUT2D eigenvalue weighted by atomic mass is 32.2. The second kappa shape index (κ2) is 14.7. The first-order chi connectivity index (χ1) is 17.5. The number of carbonyl (C=O) groups is 1. The van der Waals surface area contributed by atoms with Gasteiger partial charge in [-0.05, 0) is 44.7 Å². The van der Waals surface area contributed by atoms with Gasteiger partial charge in [0.1, 0.15) is 11.6 Å². The van der Waals surface area contributed by atoms with Gasteiger partial charge in [0.15, 0.2) is 5.16 Å². The molecule has 1 aromatic heterocycles. The van der Waals surface area contributed by atoms with Crippen LogP contribution in [0.25, 0.3) is 0 Å².